The number of alkyl halides is 3. The van der Waals surface area contributed by atoms with Crippen molar-refractivity contribution >= 4 is 17.8 Å². The van der Waals surface area contributed by atoms with Crippen LogP contribution in [0.2, 0.25) is 0 Å². The van der Waals surface area contributed by atoms with Crippen LogP contribution in [-0.2, 0) is 4.74 Å². The highest BCUT2D eigenvalue weighted by Crippen LogP contribution is 2.45. The van der Waals surface area contributed by atoms with Gasteiger partial charge in [0, 0.05) is 50.4 Å². The molecular weight excluding hydrogens is 581 g/mol. The van der Waals surface area contributed by atoms with Crippen LogP contribution in [0.25, 0.3) is 11.3 Å². The van der Waals surface area contributed by atoms with Crippen LogP contribution >= 0.6 is 0 Å². The number of benzene rings is 1. The van der Waals surface area contributed by atoms with E-state index in [1.807, 2.05) is 0 Å². The molecule has 1 aromatic carbocycles. The van der Waals surface area contributed by atoms with Crippen LogP contribution in [0.1, 0.15) is 55.3 Å². The topological polar surface area (TPSA) is 111 Å². The number of hydrogen-bond donors (Lipinski definition) is 1. The predicted molar refractivity (Wildman–Crippen MR) is 155 cm³/mol. The van der Waals surface area contributed by atoms with Crippen molar-refractivity contribution in [2.45, 2.75) is 51.1 Å². The van der Waals surface area contributed by atoms with E-state index >= 15 is 0 Å². The van der Waals surface area contributed by atoms with Gasteiger partial charge in [-0.05, 0) is 50.6 Å². The summed E-state index contributed by atoms with van der Waals surface area (Å²) in [7, 11) is 2.96. The fraction of sp³-hybridized carbons (Fsp3) is 0.467. The van der Waals surface area contributed by atoms with Crippen LogP contribution < -0.4 is 14.8 Å². The van der Waals surface area contributed by atoms with Crippen molar-refractivity contribution in [2.75, 3.05) is 45.7 Å². The number of ether oxygens (including phenoxy) is 3. The molecule has 0 bridgehead atoms. The first-order chi connectivity index (χ1) is 20.8. The Kier molecular flexibility index (Phi) is 8.36. The number of halogens is 3. The lowest BCUT2D eigenvalue weighted by Crippen LogP contribution is -2.51. The molecule has 2 aromatic heterocycles. The third-order valence-electron chi connectivity index (χ3n) is 7.50. The summed E-state index contributed by atoms with van der Waals surface area (Å²) < 4.78 is 59.6. The monoisotopic (exact) mass is 616 g/mol. The van der Waals surface area contributed by atoms with Crippen molar-refractivity contribution in [3.63, 3.8) is 0 Å². The zero-order chi connectivity index (χ0) is 31.8. The first-order valence-electron chi connectivity index (χ1n) is 14.2. The molecular formula is C30H35F3N6O5. The van der Waals surface area contributed by atoms with Crippen molar-refractivity contribution in [3.8, 4) is 22.8 Å². The predicted octanol–water partition coefficient (Wildman–Crippen LogP) is 5.32. The Morgan fingerprint density at radius 1 is 0.932 bits per heavy atom. The summed E-state index contributed by atoms with van der Waals surface area (Å²) in [6, 6.07) is 7.18. The van der Waals surface area contributed by atoms with Gasteiger partial charge in [-0.15, -0.1) is 0 Å². The number of nitrogens with one attached hydrogen (secondary N) is 1. The molecule has 2 aliphatic heterocycles. The molecule has 2 amide bonds. The molecule has 11 nitrogen and oxygen atoms in total. The molecule has 1 N–H and O–H groups in total. The Balaban J connectivity index is 1.31. The molecule has 1 fully saturated rings. The lowest BCUT2D eigenvalue weighted by Gasteiger charge is -2.35. The maximum Gasteiger partial charge on any atom is 0.410 e. The summed E-state index contributed by atoms with van der Waals surface area (Å²) in [6.45, 7) is 6.68. The van der Waals surface area contributed by atoms with Crippen LogP contribution in [0, 0.1) is 0 Å². The molecule has 2 atom stereocenters. The molecule has 0 radical (unpaired) electrons. The molecule has 236 valence electrons. The van der Waals surface area contributed by atoms with Crippen molar-refractivity contribution in [3.05, 3.63) is 53.9 Å². The minimum atomic E-state index is -4.54. The van der Waals surface area contributed by atoms with Gasteiger partial charge in [-0.1, -0.05) is 6.07 Å². The Morgan fingerprint density at radius 3 is 2.20 bits per heavy atom. The smallest absolute Gasteiger partial charge is 0.410 e. The van der Waals surface area contributed by atoms with Crippen LogP contribution in [0.5, 0.6) is 11.5 Å². The van der Waals surface area contributed by atoms with E-state index in [1.165, 1.54) is 26.5 Å². The highest BCUT2D eigenvalue weighted by atomic mass is 19.4. The molecule has 1 saturated heterocycles. The van der Waals surface area contributed by atoms with Crippen molar-refractivity contribution < 1.29 is 37.0 Å². The third-order valence-corrected chi connectivity index (χ3v) is 7.50. The molecule has 0 unspecified atom stereocenters. The lowest BCUT2D eigenvalue weighted by atomic mass is 9.96. The number of carbonyl (C=O) groups is 2. The lowest BCUT2D eigenvalue weighted by molar-refractivity contribution is -0.173. The van der Waals surface area contributed by atoms with Gasteiger partial charge in [-0.3, -0.25) is 9.78 Å². The van der Waals surface area contributed by atoms with Crippen LogP contribution in [0.4, 0.5) is 23.8 Å². The fourth-order valence-corrected chi connectivity index (χ4v) is 5.26. The Hall–Kier alpha value is -4.49. The van der Waals surface area contributed by atoms with E-state index < -0.39 is 30.0 Å². The molecule has 14 heteroatoms. The first kappa shape index (κ1) is 31.0. The van der Waals surface area contributed by atoms with Gasteiger partial charge in [0.25, 0.3) is 5.91 Å². The number of amides is 2. The molecule has 0 spiro atoms. The zero-order valence-corrected chi connectivity index (χ0v) is 25.1. The maximum absolute atomic E-state index is 14.2. The van der Waals surface area contributed by atoms with Crippen molar-refractivity contribution in [1.82, 2.24) is 24.6 Å². The average Bonchev–Trinajstić information content (AvgIpc) is 3.43. The Bertz CT molecular complexity index is 1510. The molecule has 44 heavy (non-hydrogen) atoms. The minimum Gasteiger partial charge on any atom is -0.493 e. The zero-order valence-electron chi connectivity index (χ0n) is 25.1. The number of fused-ring (bicyclic) bond motifs is 1. The molecule has 0 aliphatic carbocycles. The number of methoxy groups -OCH3 is 2. The number of rotatable bonds is 5. The quantitative estimate of drug-likeness (QED) is 0.411. The molecule has 4 heterocycles. The minimum absolute atomic E-state index is 0.184. The van der Waals surface area contributed by atoms with E-state index in [2.05, 4.69) is 15.4 Å². The largest absolute Gasteiger partial charge is 0.493 e. The van der Waals surface area contributed by atoms with Gasteiger partial charge in [-0.25, -0.2) is 9.48 Å². The molecule has 5 rings (SSSR count). The summed E-state index contributed by atoms with van der Waals surface area (Å²) in [5.41, 5.74) is 0.932. The van der Waals surface area contributed by atoms with Crippen LogP contribution in [0.3, 0.4) is 0 Å². The Labute approximate surface area is 252 Å². The van der Waals surface area contributed by atoms with Gasteiger partial charge in [0.1, 0.15) is 17.1 Å². The first-order valence-corrected chi connectivity index (χ1v) is 14.2. The fourth-order valence-electron chi connectivity index (χ4n) is 5.26. The van der Waals surface area contributed by atoms with Crippen molar-refractivity contribution in [2.24, 2.45) is 0 Å². The summed E-state index contributed by atoms with van der Waals surface area (Å²) in [5, 5.41) is 7.45. The van der Waals surface area contributed by atoms with Gasteiger partial charge < -0.3 is 29.3 Å². The summed E-state index contributed by atoms with van der Waals surface area (Å²) in [5.74, 6) is 0.794. The number of hydrogen-bond acceptors (Lipinski definition) is 8. The summed E-state index contributed by atoms with van der Waals surface area (Å²) >= 11 is 0. The van der Waals surface area contributed by atoms with E-state index in [1.54, 1.807) is 60.9 Å². The van der Waals surface area contributed by atoms with E-state index in [0.717, 1.165) is 4.68 Å². The molecule has 3 aromatic rings. The van der Waals surface area contributed by atoms with Crippen LogP contribution in [0.15, 0.2) is 42.6 Å². The number of aromatic nitrogens is 3. The van der Waals surface area contributed by atoms with E-state index in [4.69, 9.17) is 14.2 Å². The van der Waals surface area contributed by atoms with Crippen molar-refractivity contribution in [1.29, 1.82) is 0 Å². The number of pyridine rings is 1. The number of nitrogens with zero attached hydrogens (tertiary/aromatic N) is 5. The number of piperazine rings is 1. The molecule has 2 aliphatic rings. The van der Waals surface area contributed by atoms with E-state index in [9.17, 15) is 22.8 Å². The second kappa shape index (κ2) is 11.9. The Morgan fingerprint density at radius 2 is 1.61 bits per heavy atom. The van der Waals surface area contributed by atoms with Gasteiger partial charge >= 0.3 is 12.3 Å². The normalized spacial score (nSPS) is 18.7. The standard InChI is InChI=1S/C30H35F3N6O5/c1-29(2,3)44-28(41)38-12-10-37(11-13-38)27(40)20-8-6-19(17-34-20)22-16-26-35-21(15-25(30(31,32)33)39(26)36-22)18-7-9-23(42-4)24(14-18)43-5/h6-9,14,16-17,21,25,35H,10-13,15H2,1-5H3/t21-,25+/m1/s1. The van der Waals surface area contributed by atoms with E-state index in [-0.39, 0.29) is 29.5 Å². The summed E-state index contributed by atoms with van der Waals surface area (Å²) in [4.78, 5) is 32.9. The third kappa shape index (κ3) is 6.53. The summed E-state index contributed by atoms with van der Waals surface area (Å²) in [6.07, 6.45) is -3.82. The highest BCUT2D eigenvalue weighted by Gasteiger charge is 2.46. The maximum atomic E-state index is 14.2. The average molecular weight is 617 g/mol. The van der Waals surface area contributed by atoms with Gasteiger partial charge in [0.15, 0.2) is 17.5 Å². The van der Waals surface area contributed by atoms with Gasteiger partial charge in [0.05, 0.1) is 26.0 Å². The van der Waals surface area contributed by atoms with E-state index in [0.29, 0.717) is 48.8 Å². The highest BCUT2D eigenvalue weighted by molar-refractivity contribution is 5.92. The van der Waals surface area contributed by atoms with Gasteiger partial charge in [-0.2, -0.15) is 18.3 Å². The second-order valence-corrected chi connectivity index (χ2v) is 11.7. The number of anilines is 1. The number of carbonyl (C=O) groups excluding carboxylic acids is 2. The second-order valence-electron chi connectivity index (χ2n) is 11.7. The van der Waals surface area contributed by atoms with Crippen LogP contribution in [-0.4, -0.2) is 88.7 Å². The SMILES string of the molecule is COc1ccc([C@H]2C[C@@H](C(F)(F)F)n3nc(-c4ccc(C(=O)N5CCN(C(=O)OC(C)(C)C)CC5)nc4)cc3N2)cc1OC. The molecule has 0 saturated carbocycles. The van der Waals surface area contributed by atoms with Gasteiger partial charge in [0.2, 0.25) is 0 Å².